The summed E-state index contributed by atoms with van der Waals surface area (Å²) in [6, 6.07) is 5.65. The lowest BCUT2D eigenvalue weighted by molar-refractivity contribution is -0.148. The summed E-state index contributed by atoms with van der Waals surface area (Å²) in [7, 11) is 0. The molecule has 594 valence electrons. The molecule has 3 heterocycles. The zero-order valence-electron chi connectivity index (χ0n) is 62.7. The highest BCUT2D eigenvalue weighted by atomic mass is 16.4. The number of phenolic OH excluding ortho intramolecular Hbond substituents is 1. The minimum atomic E-state index is -1.61. The molecule has 2 aliphatic heterocycles. The van der Waals surface area contributed by atoms with E-state index in [-0.39, 0.29) is 107 Å². The number of hydrogen-bond donors (Lipinski definition) is 17. The van der Waals surface area contributed by atoms with Crippen LogP contribution in [0, 0.1) is 17.8 Å². The summed E-state index contributed by atoms with van der Waals surface area (Å²) in [6.45, 7) is 11.9. The second kappa shape index (κ2) is 41.8. The maximum absolute atomic E-state index is 15.2. The molecule has 34 heteroatoms. The summed E-state index contributed by atoms with van der Waals surface area (Å²) < 4.78 is 0. The zero-order valence-corrected chi connectivity index (χ0v) is 62.7. The number of carboxylic acids is 2. The molecule has 34 nitrogen and oxygen atoms in total. The number of likely N-dealkylation sites (tertiary alicyclic amines) is 2. The normalized spacial score (nSPS) is 16.9. The molecular weight excluding hydrogens is 1410 g/mol. The first kappa shape index (κ1) is 86.7. The highest BCUT2D eigenvalue weighted by Crippen LogP contribution is 2.28. The Labute approximate surface area is 632 Å². The molecular formula is C75H107N17O17. The Kier molecular flexibility index (Phi) is 33.3. The lowest BCUT2D eigenvalue weighted by Gasteiger charge is -2.34. The smallest absolute Gasteiger partial charge is 0.303 e. The average Bonchev–Trinajstić information content (AvgIpc) is 1.68. The van der Waals surface area contributed by atoms with Gasteiger partial charge in [-0.2, -0.15) is 0 Å². The number of hydrogen-bond acceptors (Lipinski definition) is 17. The van der Waals surface area contributed by atoms with E-state index in [9.17, 15) is 77.6 Å². The number of rotatable bonds is 42. The van der Waals surface area contributed by atoms with Crippen molar-refractivity contribution in [3.8, 4) is 5.75 Å². The summed E-state index contributed by atoms with van der Waals surface area (Å²) in [6.07, 6.45) is 0.413. The van der Waals surface area contributed by atoms with E-state index in [0.29, 0.717) is 29.5 Å². The first-order chi connectivity index (χ1) is 51.6. The van der Waals surface area contributed by atoms with Gasteiger partial charge in [0.05, 0.1) is 6.04 Å². The van der Waals surface area contributed by atoms with Crippen LogP contribution >= 0.6 is 0 Å². The molecule has 2 fully saturated rings. The van der Waals surface area contributed by atoms with E-state index < -0.39 is 181 Å². The number of aromatic hydroxyl groups is 1. The monoisotopic (exact) mass is 1520 g/mol. The third-order valence-electron chi connectivity index (χ3n) is 18.9. The molecule has 0 spiro atoms. The predicted molar refractivity (Wildman–Crippen MR) is 401 cm³/mol. The van der Waals surface area contributed by atoms with E-state index in [4.69, 9.17) is 22.9 Å². The van der Waals surface area contributed by atoms with Gasteiger partial charge in [-0.1, -0.05) is 102 Å². The van der Waals surface area contributed by atoms with Gasteiger partial charge in [-0.25, -0.2) is 0 Å². The van der Waals surface area contributed by atoms with Gasteiger partial charge in [-0.3, -0.25) is 72.1 Å². The number of nitrogens with two attached hydrogens (primary N) is 4. The van der Waals surface area contributed by atoms with Crippen LogP contribution in [0.4, 0.5) is 0 Å². The van der Waals surface area contributed by atoms with Crippen molar-refractivity contribution in [2.45, 2.75) is 217 Å². The Morgan fingerprint density at radius 3 is 1.61 bits per heavy atom. The molecule has 21 N–H and O–H groups in total. The Bertz CT molecular complexity index is 3880. The molecule has 0 unspecified atom stereocenters. The molecule has 2 saturated heterocycles. The number of carbonyl (C=O) groups is 14. The average molecular weight is 1520 g/mol. The van der Waals surface area contributed by atoms with Crippen LogP contribution in [0.5, 0.6) is 5.75 Å². The largest absolute Gasteiger partial charge is 0.508 e. The van der Waals surface area contributed by atoms with Crippen molar-refractivity contribution < 1.29 is 82.4 Å². The van der Waals surface area contributed by atoms with Crippen molar-refractivity contribution in [2.75, 3.05) is 19.6 Å². The van der Waals surface area contributed by atoms with E-state index >= 15 is 4.79 Å². The Morgan fingerprint density at radius 1 is 0.514 bits per heavy atom. The fourth-order valence-electron chi connectivity index (χ4n) is 13.1. The van der Waals surface area contributed by atoms with Crippen molar-refractivity contribution >= 4 is 99.7 Å². The van der Waals surface area contributed by atoms with Crippen molar-refractivity contribution in [3.05, 3.63) is 102 Å². The number of nitrogens with zero attached hydrogens (tertiary/aromatic N) is 3. The summed E-state index contributed by atoms with van der Waals surface area (Å²) in [4.78, 5) is 204. The van der Waals surface area contributed by atoms with Crippen LogP contribution in [0.1, 0.15) is 142 Å². The molecule has 0 radical (unpaired) electrons. The summed E-state index contributed by atoms with van der Waals surface area (Å²) in [5.74, 6) is -13.3. The molecule has 0 bridgehead atoms. The quantitative estimate of drug-likeness (QED) is 0.0153. The number of carboxylic acid groups (broad SMARTS) is 2. The summed E-state index contributed by atoms with van der Waals surface area (Å²) >= 11 is 0. The highest BCUT2D eigenvalue weighted by Gasteiger charge is 2.45. The minimum Gasteiger partial charge on any atom is -0.508 e. The van der Waals surface area contributed by atoms with Gasteiger partial charge in [0.2, 0.25) is 70.9 Å². The molecule has 3 aromatic carbocycles. The zero-order chi connectivity index (χ0) is 80.3. The number of benzene rings is 3. The third kappa shape index (κ3) is 26.9. The van der Waals surface area contributed by atoms with Gasteiger partial charge in [0.1, 0.15) is 72.2 Å². The lowest BCUT2D eigenvalue weighted by Crippen LogP contribution is -2.60. The molecule has 4 aromatic rings. The number of para-hydroxylation sites is 1. The second-order valence-corrected chi connectivity index (χ2v) is 29.0. The predicted octanol–water partition coefficient (Wildman–Crippen LogP) is -0.390. The van der Waals surface area contributed by atoms with Crippen molar-refractivity contribution in [3.63, 3.8) is 0 Å². The number of phenols is 1. The van der Waals surface area contributed by atoms with E-state index in [2.05, 4.69) is 57.8 Å². The van der Waals surface area contributed by atoms with E-state index in [1.807, 2.05) is 19.9 Å². The van der Waals surface area contributed by atoms with Crippen LogP contribution in [0.3, 0.4) is 0 Å². The summed E-state index contributed by atoms with van der Waals surface area (Å²) in [5.41, 5.74) is 25.3. The first-order valence-electron chi connectivity index (χ1n) is 36.9. The number of guanidine groups is 1. The molecule has 6 rings (SSSR count). The molecule has 1 aromatic heterocycles. The van der Waals surface area contributed by atoms with Gasteiger partial charge < -0.3 is 101 Å². The Morgan fingerprint density at radius 2 is 1.00 bits per heavy atom. The fourth-order valence-corrected chi connectivity index (χ4v) is 13.1. The van der Waals surface area contributed by atoms with Crippen LogP contribution < -0.4 is 70.8 Å². The molecule has 2 aliphatic rings. The molecule has 0 saturated carbocycles. The number of carbonyl (C=O) groups excluding carboxylic acids is 12. The van der Waals surface area contributed by atoms with Gasteiger partial charge in [-0.15, -0.1) is 0 Å². The van der Waals surface area contributed by atoms with Crippen LogP contribution in [-0.2, 0) is 86.4 Å². The van der Waals surface area contributed by atoms with Gasteiger partial charge in [0.25, 0.3) is 0 Å². The van der Waals surface area contributed by atoms with Gasteiger partial charge >= 0.3 is 11.9 Å². The number of aliphatic carboxylic acids is 2. The lowest BCUT2D eigenvalue weighted by atomic mass is 9.98. The van der Waals surface area contributed by atoms with Crippen LogP contribution in [0.2, 0.25) is 0 Å². The van der Waals surface area contributed by atoms with Gasteiger partial charge in [0, 0.05) is 68.8 Å². The second-order valence-electron chi connectivity index (χ2n) is 29.0. The number of H-pyrrole nitrogens is 1. The van der Waals surface area contributed by atoms with Gasteiger partial charge in [0.15, 0.2) is 5.96 Å². The summed E-state index contributed by atoms with van der Waals surface area (Å²) in [5, 5.41) is 53.9. The first-order valence-corrected chi connectivity index (χ1v) is 36.9. The third-order valence-corrected chi connectivity index (χ3v) is 18.9. The standard InChI is InChI=1S/C75H107N17O17/c1-40(2)34-53(68(103)88-55(36-45-23-25-47(93)26-24-45)69(104)87-54(35-41(3)4)71(106)90-62(42(5)6)63(77)98)85-64(99)43(7)82-66(101)52(28-30-61(96)97)84-72(107)58-21-14-32-91(58)74(109)59-22-15-33-92(59)73(108)57(37-44-16-9-8-10-17-44)89-67(102)51(20-13-31-80-75(78)79)83-70(105)56(86-65(100)49(76)27-29-60(94)95)38-46-39-81-50-19-12-11-18-48(46)50/h8-12,16-19,23-26,39-43,49,51-59,62,81,93H,13-15,20-22,27-38,76H2,1-7H3,(H2,77,98)(H,82,101)(H,83,105)(H,84,107)(H,85,99)(H,86,100)(H,87,104)(H,88,103)(H,89,102)(H,90,106)(H,94,95)(H,96,97)(H4,78,79,80)/t43-,49-,51-,52-,53-,54-,55-,56-,57-,58-,59+,62-/m0/s1. The Hall–Kier alpha value is -11.2. The van der Waals surface area contributed by atoms with Crippen LogP contribution in [-0.4, -0.2) is 211 Å². The molecule has 12 amide bonds. The fraction of sp³-hybridized carbons (Fsp3) is 0.533. The number of fused-ring (bicyclic) bond motifs is 1. The van der Waals surface area contributed by atoms with E-state index in [0.717, 1.165) is 10.9 Å². The number of aromatic nitrogens is 1. The van der Waals surface area contributed by atoms with Crippen molar-refractivity contribution in [1.82, 2.24) is 62.6 Å². The molecule has 109 heavy (non-hydrogen) atoms. The van der Waals surface area contributed by atoms with Crippen molar-refractivity contribution in [1.29, 1.82) is 0 Å². The molecule has 12 atom stereocenters. The number of aromatic amines is 1. The van der Waals surface area contributed by atoms with E-state index in [1.165, 1.54) is 41.0 Å². The molecule has 0 aliphatic carbocycles. The number of amides is 12. The minimum absolute atomic E-state index is 0.00236. The maximum Gasteiger partial charge on any atom is 0.303 e. The van der Waals surface area contributed by atoms with Crippen LogP contribution in [0.15, 0.2) is 90.1 Å². The van der Waals surface area contributed by atoms with Crippen molar-refractivity contribution in [2.24, 2.45) is 45.7 Å². The number of primary amides is 1. The number of nitrogens with one attached hydrogen (secondary N) is 10. The topological polar surface area (TPSA) is 547 Å². The number of aliphatic imine (C=N–C) groups is 1. The maximum atomic E-state index is 15.2. The highest BCUT2D eigenvalue weighted by molar-refractivity contribution is 6.00. The van der Waals surface area contributed by atoms with Gasteiger partial charge in [-0.05, 0) is 124 Å². The van der Waals surface area contributed by atoms with E-state index in [1.54, 1.807) is 82.4 Å². The van der Waals surface area contributed by atoms with Crippen LogP contribution in [0.25, 0.3) is 10.9 Å². The SMILES string of the molecule is CC(C)C[C@H](NC(=O)[C@H](C)NC(=O)[C@H](CCC(=O)O)NC(=O)[C@@H]1CCCN1C(=O)[C@H]1CCCN1C(=O)[C@H](Cc1ccccc1)NC(=O)[C@H](CCCN=C(N)N)NC(=O)[C@H](Cc1c[nH]c2ccccc12)NC(=O)[C@@H](N)CCC(=O)O)C(=O)N[C@@H](Cc1ccc(O)cc1)C(=O)N[C@@H](CC(C)C)C(=O)N[C@H](C(N)=O)C(C)C. The Balaban J connectivity index is 1.18.